The van der Waals surface area contributed by atoms with Gasteiger partial charge in [0.1, 0.15) is 17.8 Å². The lowest BCUT2D eigenvalue weighted by atomic mass is 10.0. The SMILES string of the molecule is Cn1cccc(C(=O)N2C[C@H](OCc3ccncc3)[C@H]3OCCC[C@H]32)c1=O. The topological polar surface area (TPSA) is 73.7 Å². The van der Waals surface area contributed by atoms with E-state index >= 15 is 0 Å². The van der Waals surface area contributed by atoms with Crippen LogP contribution in [0.1, 0.15) is 28.8 Å². The molecule has 2 aliphatic heterocycles. The summed E-state index contributed by atoms with van der Waals surface area (Å²) in [5.41, 5.74) is 0.940. The van der Waals surface area contributed by atoms with E-state index in [-0.39, 0.29) is 35.3 Å². The van der Waals surface area contributed by atoms with Crippen LogP contribution in [0.25, 0.3) is 0 Å². The molecule has 7 nitrogen and oxygen atoms in total. The zero-order valence-corrected chi connectivity index (χ0v) is 15.3. The number of nitrogens with zero attached hydrogens (tertiary/aromatic N) is 3. The number of hydrogen-bond donors (Lipinski definition) is 0. The highest BCUT2D eigenvalue weighted by Gasteiger charge is 2.47. The molecule has 142 valence electrons. The van der Waals surface area contributed by atoms with Crippen LogP contribution >= 0.6 is 0 Å². The second kappa shape index (κ2) is 7.62. The Morgan fingerprint density at radius 2 is 2.15 bits per heavy atom. The minimum Gasteiger partial charge on any atom is -0.373 e. The molecule has 3 atom stereocenters. The van der Waals surface area contributed by atoms with Gasteiger partial charge in [0, 0.05) is 32.2 Å². The van der Waals surface area contributed by atoms with Gasteiger partial charge in [-0.25, -0.2) is 0 Å². The van der Waals surface area contributed by atoms with Crippen molar-refractivity contribution in [3.05, 3.63) is 64.3 Å². The second-order valence-corrected chi connectivity index (χ2v) is 7.05. The molecule has 4 heterocycles. The highest BCUT2D eigenvalue weighted by Crippen LogP contribution is 2.32. The van der Waals surface area contributed by atoms with E-state index in [4.69, 9.17) is 9.47 Å². The van der Waals surface area contributed by atoms with Crippen LogP contribution in [0, 0.1) is 0 Å². The van der Waals surface area contributed by atoms with Gasteiger partial charge in [-0.15, -0.1) is 0 Å². The van der Waals surface area contributed by atoms with Gasteiger partial charge < -0.3 is 18.9 Å². The highest BCUT2D eigenvalue weighted by atomic mass is 16.5. The molecule has 7 heteroatoms. The van der Waals surface area contributed by atoms with Crippen molar-refractivity contribution in [1.29, 1.82) is 0 Å². The largest absolute Gasteiger partial charge is 0.373 e. The molecule has 0 bridgehead atoms. The Labute approximate surface area is 157 Å². The number of ether oxygens (including phenoxy) is 2. The predicted octanol–water partition coefficient (Wildman–Crippen LogP) is 1.37. The summed E-state index contributed by atoms with van der Waals surface area (Å²) in [7, 11) is 1.65. The third kappa shape index (κ3) is 3.52. The summed E-state index contributed by atoms with van der Waals surface area (Å²) in [6.07, 6.45) is 6.50. The smallest absolute Gasteiger partial charge is 0.263 e. The van der Waals surface area contributed by atoms with Crippen molar-refractivity contribution in [2.75, 3.05) is 13.2 Å². The van der Waals surface area contributed by atoms with Gasteiger partial charge in [-0.1, -0.05) is 0 Å². The molecule has 27 heavy (non-hydrogen) atoms. The zero-order valence-electron chi connectivity index (χ0n) is 15.3. The molecular formula is C20H23N3O4. The number of hydrogen-bond acceptors (Lipinski definition) is 5. The molecule has 0 spiro atoms. The average Bonchev–Trinajstić information content (AvgIpc) is 3.08. The van der Waals surface area contributed by atoms with Gasteiger partial charge in [0.2, 0.25) is 0 Å². The maximum atomic E-state index is 13.1. The molecule has 2 aliphatic rings. The van der Waals surface area contributed by atoms with Crippen LogP contribution in [-0.2, 0) is 23.1 Å². The monoisotopic (exact) mass is 369 g/mol. The number of amides is 1. The Morgan fingerprint density at radius 1 is 1.33 bits per heavy atom. The number of carbonyl (C=O) groups excluding carboxylic acids is 1. The Kier molecular flexibility index (Phi) is 5.05. The van der Waals surface area contributed by atoms with Gasteiger partial charge in [-0.3, -0.25) is 14.6 Å². The zero-order chi connectivity index (χ0) is 18.8. The second-order valence-electron chi connectivity index (χ2n) is 7.05. The summed E-state index contributed by atoms with van der Waals surface area (Å²) >= 11 is 0. The summed E-state index contributed by atoms with van der Waals surface area (Å²) in [5, 5.41) is 0. The summed E-state index contributed by atoms with van der Waals surface area (Å²) in [5.74, 6) is -0.244. The van der Waals surface area contributed by atoms with Crippen LogP contribution in [0.4, 0.5) is 0 Å². The first-order valence-electron chi connectivity index (χ1n) is 9.24. The van der Waals surface area contributed by atoms with Gasteiger partial charge >= 0.3 is 0 Å². The van der Waals surface area contributed by atoms with Crippen molar-refractivity contribution in [1.82, 2.24) is 14.5 Å². The first-order valence-corrected chi connectivity index (χ1v) is 9.24. The predicted molar refractivity (Wildman–Crippen MR) is 98.3 cm³/mol. The third-order valence-electron chi connectivity index (χ3n) is 5.31. The molecular weight excluding hydrogens is 346 g/mol. The van der Waals surface area contributed by atoms with E-state index in [1.165, 1.54) is 4.57 Å². The standard InChI is InChI=1S/C20H23N3O4/c1-22-10-2-4-15(19(22)24)20(25)23-12-17(18-16(23)5-3-11-26-18)27-13-14-6-8-21-9-7-14/h2,4,6-10,16-18H,3,5,11-13H2,1H3/t16-,17+,18+/m1/s1. The fraction of sp³-hybridized carbons (Fsp3) is 0.450. The van der Waals surface area contributed by atoms with Crippen molar-refractivity contribution >= 4 is 5.91 Å². The molecule has 0 unspecified atom stereocenters. The fourth-order valence-electron chi connectivity index (χ4n) is 3.89. The molecule has 0 aliphatic carbocycles. The van der Waals surface area contributed by atoms with Gasteiger partial charge in [0.15, 0.2) is 0 Å². The van der Waals surface area contributed by atoms with Crippen molar-refractivity contribution < 1.29 is 14.3 Å². The van der Waals surface area contributed by atoms with Crippen molar-refractivity contribution in [2.45, 2.75) is 37.7 Å². The third-order valence-corrected chi connectivity index (χ3v) is 5.31. The lowest BCUT2D eigenvalue weighted by Gasteiger charge is -2.32. The normalized spacial score (nSPS) is 24.6. The van der Waals surface area contributed by atoms with Crippen molar-refractivity contribution in [3.8, 4) is 0 Å². The molecule has 0 aromatic carbocycles. The summed E-state index contributed by atoms with van der Waals surface area (Å²) in [4.78, 5) is 31.2. The van der Waals surface area contributed by atoms with E-state index in [0.717, 1.165) is 18.4 Å². The maximum absolute atomic E-state index is 13.1. The highest BCUT2D eigenvalue weighted by molar-refractivity contribution is 5.94. The Morgan fingerprint density at radius 3 is 2.96 bits per heavy atom. The quantitative estimate of drug-likeness (QED) is 0.814. The Balaban J connectivity index is 1.53. The lowest BCUT2D eigenvalue weighted by molar-refractivity contribution is -0.0809. The minimum atomic E-state index is -0.281. The first-order chi connectivity index (χ1) is 13.1. The van der Waals surface area contributed by atoms with Crippen LogP contribution in [0.15, 0.2) is 47.7 Å². The molecule has 2 aromatic heterocycles. The Hall–Kier alpha value is -2.51. The summed E-state index contributed by atoms with van der Waals surface area (Å²) < 4.78 is 13.5. The number of aryl methyl sites for hydroxylation is 1. The molecule has 2 saturated heterocycles. The van der Waals surface area contributed by atoms with Crippen LogP contribution in [-0.4, -0.2) is 51.8 Å². The Bertz CT molecular complexity index is 867. The van der Waals surface area contributed by atoms with E-state index in [0.29, 0.717) is 19.8 Å². The minimum absolute atomic E-state index is 0.0568. The van der Waals surface area contributed by atoms with E-state index in [1.807, 2.05) is 12.1 Å². The molecule has 2 fully saturated rings. The number of rotatable bonds is 4. The molecule has 4 rings (SSSR count). The number of aromatic nitrogens is 2. The summed E-state index contributed by atoms with van der Waals surface area (Å²) in [6.45, 7) is 1.54. The molecule has 0 saturated carbocycles. The number of pyridine rings is 2. The van der Waals surface area contributed by atoms with Crippen LogP contribution in [0.5, 0.6) is 0 Å². The van der Waals surface area contributed by atoms with Crippen molar-refractivity contribution in [2.24, 2.45) is 7.05 Å². The van der Waals surface area contributed by atoms with Crippen LogP contribution in [0.3, 0.4) is 0 Å². The number of fused-ring (bicyclic) bond motifs is 1. The summed E-state index contributed by atoms with van der Waals surface area (Å²) in [6, 6.07) is 7.07. The number of carbonyl (C=O) groups is 1. The van der Waals surface area contributed by atoms with Gasteiger partial charge in [0.05, 0.1) is 19.2 Å². The van der Waals surface area contributed by atoms with Gasteiger partial charge in [0.25, 0.3) is 11.5 Å². The van der Waals surface area contributed by atoms with E-state index in [1.54, 1.807) is 42.7 Å². The molecule has 0 radical (unpaired) electrons. The fourth-order valence-corrected chi connectivity index (χ4v) is 3.89. The van der Waals surface area contributed by atoms with Crippen molar-refractivity contribution in [3.63, 3.8) is 0 Å². The van der Waals surface area contributed by atoms with Gasteiger partial charge in [-0.05, 0) is 42.7 Å². The number of likely N-dealkylation sites (tertiary alicyclic amines) is 1. The molecule has 1 amide bonds. The van der Waals surface area contributed by atoms with E-state index in [9.17, 15) is 9.59 Å². The van der Waals surface area contributed by atoms with Crippen LogP contribution in [0.2, 0.25) is 0 Å². The molecule has 2 aromatic rings. The van der Waals surface area contributed by atoms with E-state index in [2.05, 4.69) is 4.98 Å². The van der Waals surface area contributed by atoms with E-state index < -0.39 is 0 Å². The van der Waals surface area contributed by atoms with Gasteiger partial charge in [-0.2, -0.15) is 0 Å². The average molecular weight is 369 g/mol. The maximum Gasteiger partial charge on any atom is 0.263 e. The lowest BCUT2D eigenvalue weighted by Crippen LogP contribution is -2.45. The first kappa shape index (κ1) is 17.9. The molecule has 0 N–H and O–H groups in total. The van der Waals surface area contributed by atoms with Crippen LogP contribution < -0.4 is 5.56 Å².